The Hall–Kier alpha value is -3.18. The first-order valence-corrected chi connectivity index (χ1v) is 8.58. The first-order chi connectivity index (χ1) is 12.8. The van der Waals surface area contributed by atoms with Gasteiger partial charge in [0.05, 0.1) is 11.2 Å². The number of hydrogen-bond donors (Lipinski definition) is 2. The Kier molecular flexibility index (Phi) is 4.62. The van der Waals surface area contributed by atoms with Gasteiger partial charge < -0.3 is 10.6 Å². The van der Waals surface area contributed by atoms with Gasteiger partial charge in [0, 0.05) is 29.3 Å². The van der Waals surface area contributed by atoms with Gasteiger partial charge in [-0.05, 0) is 29.8 Å². The van der Waals surface area contributed by atoms with E-state index in [0.717, 1.165) is 33.0 Å². The molecule has 2 N–H and O–H groups in total. The molecule has 4 aromatic rings. The SMILES string of the molecule is Clc1ccccc1CNc1ccnc(Nc2cccc3cccnc23)n1. The fourth-order valence-electron chi connectivity index (χ4n) is 2.67. The van der Waals surface area contributed by atoms with Gasteiger partial charge in [0.1, 0.15) is 5.82 Å². The van der Waals surface area contributed by atoms with Gasteiger partial charge in [0.15, 0.2) is 0 Å². The Labute approximate surface area is 156 Å². The Morgan fingerprint density at radius 3 is 2.65 bits per heavy atom. The van der Waals surface area contributed by atoms with E-state index < -0.39 is 0 Å². The highest BCUT2D eigenvalue weighted by atomic mass is 35.5. The van der Waals surface area contributed by atoms with Crippen molar-refractivity contribution in [2.75, 3.05) is 10.6 Å². The molecule has 4 rings (SSSR count). The van der Waals surface area contributed by atoms with Crippen molar-refractivity contribution in [3.63, 3.8) is 0 Å². The summed E-state index contributed by atoms with van der Waals surface area (Å²) in [6, 6.07) is 19.5. The fourth-order valence-corrected chi connectivity index (χ4v) is 2.87. The summed E-state index contributed by atoms with van der Waals surface area (Å²) < 4.78 is 0. The molecule has 0 unspecified atom stereocenters. The van der Waals surface area contributed by atoms with Crippen LogP contribution < -0.4 is 10.6 Å². The van der Waals surface area contributed by atoms with Crippen molar-refractivity contribution >= 4 is 40.0 Å². The Balaban J connectivity index is 1.53. The van der Waals surface area contributed by atoms with Gasteiger partial charge in [0.25, 0.3) is 0 Å². The number of hydrogen-bond acceptors (Lipinski definition) is 5. The molecule has 5 nitrogen and oxygen atoms in total. The number of anilines is 3. The molecule has 0 saturated heterocycles. The molecule has 2 aromatic carbocycles. The van der Waals surface area contributed by atoms with Gasteiger partial charge in [-0.15, -0.1) is 0 Å². The van der Waals surface area contributed by atoms with Gasteiger partial charge in [0.2, 0.25) is 5.95 Å². The largest absolute Gasteiger partial charge is 0.366 e. The molecule has 0 aliphatic heterocycles. The van der Waals surface area contributed by atoms with Crippen LogP contribution in [-0.4, -0.2) is 15.0 Å². The van der Waals surface area contributed by atoms with Gasteiger partial charge in [-0.2, -0.15) is 4.98 Å². The van der Waals surface area contributed by atoms with Crippen LogP contribution in [0, 0.1) is 0 Å². The molecule has 0 saturated carbocycles. The highest BCUT2D eigenvalue weighted by Gasteiger charge is 2.05. The third kappa shape index (κ3) is 3.58. The lowest BCUT2D eigenvalue weighted by Gasteiger charge is -2.10. The third-order valence-electron chi connectivity index (χ3n) is 3.95. The van der Waals surface area contributed by atoms with E-state index in [1.54, 1.807) is 12.4 Å². The molecule has 0 radical (unpaired) electrons. The number of pyridine rings is 1. The summed E-state index contributed by atoms with van der Waals surface area (Å²) in [6.45, 7) is 0.589. The second kappa shape index (κ2) is 7.37. The number of nitrogens with one attached hydrogen (secondary N) is 2. The van der Waals surface area contributed by atoms with Gasteiger partial charge in [-0.3, -0.25) is 4.98 Å². The lowest BCUT2D eigenvalue weighted by Crippen LogP contribution is -2.04. The number of fused-ring (bicyclic) bond motifs is 1. The average molecular weight is 362 g/mol. The summed E-state index contributed by atoms with van der Waals surface area (Å²) in [7, 11) is 0. The van der Waals surface area contributed by atoms with Crippen LogP contribution in [0.25, 0.3) is 10.9 Å². The second-order valence-electron chi connectivity index (χ2n) is 5.72. The third-order valence-corrected chi connectivity index (χ3v) is 4.32. The first kappa shape index (κ1) is 16.3. The zero-order valence-corrected chi connectivity index (χ0v) is 14.6. The van der Waals surface area contributed by atoms with Crippen LogP contribution in [0.2, 0.25) is 5.02 Å². The Morgan fingerprint density at radius 1 is 0.846 bits per heavy atom. The zero-order valence-electron chi connectivity index (χ0n) is 13.9. The summed E-state index contributed by atoms with van der Waals surface area (Å²) >= 11 is 6.19. The smallest absolute Gasteiger partial charge is 0.229 e. The molecule has 6 heteroatoms. The van der Waals surface area contributed by atoms with E-state index in [4.69, 9.17) is 11.6 Å². The minimum Gasteiger partial charge on any atom is -0.366 e. The standard InChI is InChI=1S/C20H16ClN5/c21-16-8-2-1-5-15(16)13-24-18-10-12-23-20(26-18)25-17-9-3-6-14-7-4-11-22-19(14)17/h1-12H,13H2,(H2,23,24,25,26). The van der Waals surface area contributed by atoms with Crippen LogP contribution in [0.4, 0.5) is 17.5 Å². The minimum atomic E-state index is 0.507. The number of halogens is 1. The average Bonchev–Trinajstić information content (AvgIpc) is 2.68. The maximum Gasteiger partial charge on any atom is 0.229 e. The topological polar surface area (TPSA) is 62.7 Å². The number of rotatable bonds is 5. The zero-order chi connectivity index (χ0) is 17.8. The van der Waals surface area contributed by atoms with E-state index in [9.17, 15) is 0 Å². The van der Waals surface area contributed by atoms with Crippen LogP contribution in [0.1, 0.15) is 5.56 Å². The highest BCUT2D eigenvalue weighted by Crippen LogP contribution is 2.23. The van der Waals surface area contributed by atoms with E-state index in [2.05, 4.69) is 25.6 Å². The molecular weight excluding hydrogens is 346 g/mol. The fraction of sp³-hybridized carbons (Fsp3) is 0.0500. The minimum absolute atomic E-state index is 0.507. The molecule has 0 fully saturated rings. The molecule has 0 amide bonds. The Morgan fingerprint density at radius 2 is 1.73 bits per heavy atom. The van der Waals surface area contributed by atoms with Crippen molar-refractivity contribution in [3.05, 3.63) is 83.6 Å². The molecule has 0 aliphatic carbocycles. The second-order valence-corrected chi connectivity index (χ2v) is 6.12. The van der Waals surface area contributed by atoms with Crippen molar-refractivity contribution in [1.82, 2.24) is 15.0 Å². The molecule has 0 aliphatic rings. The van der Waals surface area contributed by atoms with Crippen LogP contribution in [-0.2, 0) is 6.54 Å². The van der Waals surface area contributed by atoms with Crippen molar-refractivity contribution in [2.24, 2.45) is 0 Å². The maximum atomic E-state index is 6.19. The van der Waals surface area contributed by atoms with Crippen molar-refractivity contribution in [2.45, 2.75) is 6.54 Å². The molecule has 0 bridgehead atoms. The van der Waals surface area contributed by atoms with Crippen molar-refractivity contribution in [3.8, 4) is 0 Å². The van der Waals surface area contributed by atoms with E-state index in [1.807, 2.05) is 60.7 Å². The first-order valence-electron chi connectivity index (χ1n) is 8.21. The van der Waals surface area contributed by atoms with Gasteiger partial charge >= 0.3 is 0 Å². The molecule has 128 valence electrons. The summed E-state index contributed by atoms with van der Waals surface area (Å²) in [6.07, 6.45) is 3.48. The van der Waals surface area contributed by atoms with Crippen LogP contribution >= 0.6 is 11.6 Å². The molecule has 2 aromatic heterocycles. The Bertz CT molecular complexity index is 1050. The predicted molar refractivity (Wildman–Crippen MR) is 106 cm³/mol. The summed E-state index contributed by atoms with van der Waals surface area (Å²) in [5.41, 5.74) is 2.76. The quantitative estimate of drug-likeness (QED) is 0.521. The monoisotopic (exact) mass is 361 g/mol. The summed E-state index contributed by atoms with van der Waals surface area (Å²) in [5, 5.41) is 8.31. The molecule has 0 atom stereocenters. The molecule has 0 spiro atoms. The summed E-state index contributed by atoms with van der Waals surface area (Å²) in [5.74, 6) is 1.22. The van der Waals surface area contributed by atoms with Crippen LogP contribution in [0.15, 0.2) is 73.1 Å². The van der Waals surface area contributed by atoms with E-state index in [1.165, 1.54) is 0 Å². The van der Waals surface area contributed by atoms with Gasteiger partial charge in [-0.25, -0.2) is 4.98 Å². The number of aromatic nitrogens is 3. The lowest BCUT2D eigenvalue weighted by atomic mass is 10.2. The molecular formula is C20H16ClN5. The van der Waals surface area contributed by atoms with Gasteiger partial charge in [-0.1, -0.05) is 48.0 Å². The number of benzene rings is 2. The maximum absolute atomic E-state index is 6.19. The highest BCUT2D eigenvalue weighted by molar-refractivity contribution is 6.31. The lowest BCUT2D eigenvalue weighted by molar-refractivity contribution is 1.08. The number of nitrogens with zero attached hydrogens (tertiary/aromatic N) is 3. The van der Waals surface area contributed by atoms with Crippen LogP contribution in [0.5, 0.6) is 0 Å². The molecule has 2 heterocycles. The normalized spacial score (nSPS) is 10.7. The van der Waals surface area contributed by atoms with Crippen molar-refractivity contribution < 1.29 is 0 Å². The summed E-state index contributed by atoms with van der Waals surface area (Å²) in [4.78, 5) is 13.3. The van der Waals surface area contributed by atoms with E-state index >= 15 is 0 Å². The van der Waals surface area contributed by atoms with E-state index in [0.29, 0.717) is 12.5 Å². The van der Waals surface area contributed by atoms with Crippen LogP contribution in [0.3, 0.4) is 0 Å². The van der Waals surface area contributed by atoms with E-state index in [-0.39, 0.29) is 0 Å². The molecule has 26 heavy (non-hydrogen) atoms. The van der Waals surface area contributed by atoms with Crippen molar-refractivity contribution in [1.29, 1.82) is 0 Å². The predicted octanol–water partition coefficient (Wildman–Crippen LogP) is 5.03. The number of para-hydroxylation sites is 1.